The molecule has 30 heavy (non-hydrogen) atoms. The molecule has 1 aromatic heterocycles. The molecule has 2 aromatic carbocycles. The number of rotatable bonds is 6. The summed E-state index contributed by atoms with van der Waals surface area (Å²) >= 11 is 3.45. The molecule has 1 atom stereocenters. The fraction of sp³-hybridized carbons (Fsp3) is 0.174. The Balaban J connectivity index is 1.53. The highest BCUT2D eigenvalue weighted by atomic mass is 79.9. The minimum Gasteiger partial charge on any atom is -0.331 e. The highest BCUT2D eigenvalue weighted by molar-refractivity contribution is 9.10. The molecule has 2 heterocycles. The summed E-state index contributed by atoms with van der Waals surface area (Å²) in [6, 6.07) is 19.0. The molecule has 5 nitrogen and oxygen atoms in total. The maximum atomic E-state index is 13.2. The van der Waals surface area contributed by atoms with E-state index >= 15 is 0 Å². The SMILES string of the molecule is O=C(Cc1ccc(-n2cccc2)cc1)N(Cc1cccc(Br)c1)C1C=CS(=O)(=O)C1. The number of amides is 1. The smallest absolute Gasteiger partial charge is 0.227 e. The van der Waals surface area contributed by atoms with Crippen LogP contribution in [0.2, 0.25) is 0 Å². The van der Waals surface area contributed by atoms with E-state index in [9.17, 15) is 13.2 Å². The minimum atomic E-state index is -3.26. The van der Waals surface area contributed by atoms with Gasteiger partial charge in [0.1, 0.15) is 0 Å². The van der Waals surface area contributed by atoms with Crippen molar-refractivity contribution in [3.8, 4) is 5.69 Å². The van der Waals surface area contributed by atoms with Crippen molar-refractivity contribution in [3.05, 3.63) is 100 Å². The highest BCUT2D eigenvalue weighted by Gasteiger charge is 2.30. The molecule has 1 amide bonds. The lowest BCUT2D eigenvalue weighted by Crippen LogP contribution is -2.41. The lowest BCUT2D eigenvalue weighted by Gasteiger charge is -2.28. The van der Waals surface area contributed by atoms with Crippen molar-refractivity contribution in [2.24, 2.45) is 0 Å². The first-order valence-corrected chi connectivity index (χ1v) is 12.1. The maximum absolute atomic E-state index is 13.2. The Morgan fingerprint density at radius 3 is 2.40 bits per heavy atom. The average Bonchev–Trinajstić information content (AvgIpc) is 3.36. The van der Waals surface area contributed by atoms with Crippen molar-refractivity contribution in [1.82, 2.24) is 9.47 Å². The first kappa shape index (κ1) is 20.6. The summed E-state index contributed by atoms with van der Waals surface area (Å²) in [4.78, 5) is 14.8. The maximum Gasteiger partial charge on any atom is 0.227 e. The lowest BCUT2D eigenvalue weighted by molar-refractivity contribution is -0.132. The van der Waals surface area contributed by atoms with E-state index < -0.39 is 15.9 Å². The van der Waals surface area contributed by atoms with Crippen molar-refractivity contribution in [2.45, 2.75) is 19.0 Å². The van der Waals surface area contributed by atoms with Crippen LogP contribution in [0.5, 0.6) is 0 Å². The van der Waals surface area contributed by atoms with Crippen LogP contribution >= 0.6 is 15.9 Å². The molecule has 0 N–H and O–H groups in total. The Morgan fingerprint density at radius 2 is 1.77 bits per heavy atom. The quantitative estimate of drug-likeness (QED) is 0.528. The van der Waals surface area contributed by atoms with Gasteiger partial charge in [-0.25, -0.2) is 8.42 Å². The molecule has 0 radical (unpaired) electrons. The monoisotopic (exact) mass is 484 g/mol. The third kappa shape index (κ3) is 4.91. The van der Waals surface area contributed by atoms with E-state index in [1.807, 2.05) is 77.6 Å². The van der Waals surface area contributed by atoms with Gasteiger partial charge in [-0.2, -0.15) is 0 Å². The molecule has 154 valence electrons. The molecule has 0 saturated heterocycles. The zero-order valence-electron chi connectivity index (χ0n) is 16.2. The van der Waals surface area contributed by atoms with Gasteiger partial charge < -0.3 is 9.47 Å². The second-order valence-electron chi connectivity index (χ2n) is 7.31. The van der Waals surface area contributed by atoms with E-state index in [0.717, 1.165) is 21.3 Å². The number of sulfone groups is 1. The molecule has 1 aliphatic rings. The Hall–Kier alpha value is -2.64. The predicted octanol–water partition coefficient (Wildman–Crippen LogP) is 4.12. The van der Waals surface area contributed by atoms with Crippen LogP contribution in [0, 0.1) is 0 Å². The molecule has 0 fully saturated rings. The summed E-state index contributed by atoms with van der Waals surface area (Å²) < 4.78 is 26.8. The topological polar surface area (TPSA) is 59.4 Å². The number of benzene rings is 2. The van der Waals surface area contributed by atoms with Gasteiger partial charge in [-0.15, -0.1) is 0 Å². The molecule has 7 heteroatoms. The van der Waals surface area contributed by atoms with E-state index in [1.165, 1.54) is 5.41 Å². The van der Waals surface area contributed by atoms with Gasteiger partial charge in [0.15, 0.2) is 9.84 Å². The third-order valence-electron chi connectivity index (χ3n) is 5.07. The number of carbonyl (C=O) groups excluding carboxylic acids is 1. The normalized spacial score (nSPS) is 17.2. The number of hydrogen-bond donors (Lipinski definition) is 0. The molecular formula is C23H21BrN2O3S. The van der Waals surface area contributed by atoms with E-state index in [-0.39, 0.29) is 18.1 Å². The fourth-order valence-electron chi connectivity index (χ4n) is 3.54. The van der Waals surface area contributed by atoms with Crippen LogP contribution in [0.3, 0.4) is 0 Å². The van der Waals surface area contributed by atoms with E-state index in [0.29, 0.717) is 6.54 Å². The molecular weight excluding hydrogens is 464 g/mol. The van der Waals surface area contributed by atoms with Gasteiger partial charge in [0.25, 0.3) is 0 Å². The minimum absolute atomic E-state index is 0.0701. The van der Waals surface area contributed by atoms with Crippen molar-refractivity contribution >= 4 is 31.7 Å². The number of aromatic nitrogens is 1. The number of hydrogen-bond acceptors (Lipinski definition) is 3. The van der Waals surface area contributed by atoms with Crippen LogP contribution in [0.15, 0.2) is 89.0 Å². The van der Waals surface area contributed by atoms with Gasteiger partial charge in [-0.3, -0.25) is 4.79 Å². The number of carbonyl (C=O) groups is 1. The standard InChI is InChI=1S/C23H21BrN2O3S/c24-20-5-3-4-19(14-20)16-26(22-10-13-30(28,29)17-22)23(27)15-18-6-8-21(9-7-18)25-11-1-2-12-25/h1-14,22H,15-17H2. The number of halogens is 1. The molecule has 1 unspecified atom stereocenters. The Bertz CT molecular complexity index is 1170. The zero-order valence-corrected chi connectivity index (χ0v) is 18.6. The van der Waals surface area contributed by atoms with Gasteiger partial charge in [-0.05, 0) is 53.6 Å². The molecule has 0 spiro atoms. The Kier molecular flexibility index (Phi) is 5.92. The van der Waals surface area contributed by atoms with Crippen LogP contribution in [0.1, 0.15) is 11.1 Å². The van der Waals surface area contributed by atoms with E-state index in [2.05, 4.69) is 15.9 Å². The summed E-state index contributed by atoms with van der Waals surface area (Å²) in [5, 5.41) is 1.21. The summed E-state index contributed by atoms with van der Waals surface area (Å²) in [6.45, 7) is 0.351. The van der Waals surface area contributed by atoms with Crippen LogP contribution in [-0.2, 0) is 27.6 Å². The first-order chi connectivity index (χ1) is 14.4. The second kappa shape index (κ2) is 8.62. The van der Waals surface area contributed by atoms with Crippen LogP contribution in [0.4, 0.5) is 0 Å². The van der Waals surface area contributed by atoms with Crippen molar-refractivity contribution in [2.75, 3.05) is 5.75 Å². The Labute approximate surface area is 184 Å². The summed E-state index contributed by atoms with van der Waals surface area (Å²) in [6.07, 6.45) is 5.75. The molecule has 0 aliphatic carbocycles. The largest absolute Gasteiger partial charge is 0.331 e. The number of nitrogens with zero attached hydrogens (tertiary/aromatic N) is 2. The van der Waals surface area contributed by atoms with Gasteiger partial charge in [0.2, 0.25) is 5.91 Å². The van der Waals surface area contributed by atoms with Gasteiger partial charge in [0, 0.05) is 34.5 Å². The first-order valence-electron chi connectivity index (χ1n) is 9.57. The van der Waals surface area contributed by atoms with Gasteiger partial charge >= 0.3 is 0 Å². The molecule has 0 saturated carbocycles. The van der Waals surface area contributed by atoms with Crippen LogP contribution < -0.4 is 0 Å². The predicted molar refractivity (Wildman–Crippen MR) is 121 cm³/mol. The van der Waals surface area contributed by atoms with Gasteiger partial charge in [0.05, 0.1) is 18.2 Å². The summed E-state index contributed by atoms with van der Waals surface area (Å²) in [5.74, 6) is -0.172. The second-order valence-corrected chi connectivity index (χ2v) is 10.2. The molecule has 1 aliphatic heterocycles. The van der Waals surface area contributed by atoms with Crippen LogP contribution in [0.25, 0.3) is 5.69 Å². The molecule has 0 bridgehead atoms. The average molecular weight is 485 g/mol. The Morgan fingerprint density at radius 1 is 1.03 bits per heavy atom. The van der Waals surface area contributed by atoms with Gasteiger partial charge in [-0.1, -0.05) is 40.2 Å². The van der Waals surface area contributed by atoms with Crippen molar-refractivity contribution < 1.29 is 13.2 Å². The lowest BCUT2D eigenvalue weighted by atomic mass is 10.1. The third-order valence-corrected chi connectivity index (χ3v) is 6.94. The van der Waals surface area contributed by atoms with Crippen LogP contribution in [-0.4, -0.2) is 35.6 Å². The van der Waals surface area contributed by atoms with Crippen molar-refractivity contribution in [3.63, 3.8) is 0 Å². The van der Waals surface area contributed by atoms with E-state index in [4.69, 9.17) is 0 Å². The van der Waals surface area contributed by atoms with Crippen molar-refractivity contribution in [1.29, 1.82) is 0 Å². The zero-order chi connectivity index (χ0) is 21.1. The summed E-state index contributed by atoms with van der Waals surface area (Å²) in [5.41, 5.74) is 2.85. The summed E-state index contributed by atoms with van der Waals surface area (Å²) in [7, 11) is -3.26. The fourth-order valence-corrected chi connectivity index (χ4v) is 5.29. The molecule has 3 aromatic rings. The molecule has 4 rings (SSSR count). The van der Waals surface area contributed by atoms with E-state index in [1.54, 1.807) is 11.0 Å². The highest BCUT2D eigenvalue weighted by Crippen LogP contribution is 2.21.